The average Bonchev–Trinajstić information content (AvgIpc) is 3.04. The van der Waals surface area contributed by atoms with Crippen molar-refractivity contribution < 1.29 is 9.47 Å². The van der Waals surface area contributed by atoms with Crippen LogP contribution in [0.2, 0.25) is 5.02 Å². The Morgan fingerprint density at radius 3 is 2.79 bits per heavy atom. The summed E-state index contributed by atoms with van der Waals surface area (Å²) in [5, 5.41) is 4.11. The molecule has 0 saturated carbocycles. The van der Waals surface area contributed by atoms with Crippen LogP contribution in [-0.2, 0) is 13.1 Å². The van der Waals surface area contributed by atoms with Gasteiger partial charge >= 0.3 is 0 Å². The highest BCUT2D eigenvalue weighted by Crippen LogP contribution is 2.34. The van der Waals surface area contributed by atoms with Gasteiger partial charge in [-0.2, -0.15) is 0 Å². The van der Waals surface area contributed by atoms with E-state index in [0.29, 0.717) is 23.9 Å². The number of rotatable bonds is 10. The molecular formula is C18H26ClN3O2. The molecule has 1 aromatic heterocycles. The standard InChI is InChI=1S/C18H26ClN3O2/c1-4-23-17-10-15(16(19)11-18(17)24-14(2)3)12-20-6-5-8-22-9-7-21-13-22/h7,9-11,13-14,20H,4-6,8,12H2,1-3H3. The monoisotopic (exact) mass is 351 g/mol. The fourth-order valence-corrected chi connectivity index (χ4v) is 2.58. The van der Waals surface area contributed by atoms with Gasteiger partial charge in [0.05, 0.1) is 19.0 Å². The van der Waals surface area contributed by atoms with Crippen LogP contribution < -0.4 is 14.8 Å². The van der Waals surface area contributed by atoms with Gasteiger partial charge in [0.25, 0.3) is 0 Å². The van der Waals surface area contributed by atoms with Crippen molar-refractivity contribution in [1.82, 2.24) is 14.9 Å². The van der Waals surface area contributed by atoms with Crippen molar-refractivity contribution in [2.24, 2.45) is 0 Å². The molecule has 2 rings (SSSR count). The lowest BCUT2D eigenvalue weighted by atomic mass is 10.2. The first-order valence-electron chi connectivity index (χ1n) is 8.38. The smallest absolute Gasteiger partial charge is 0.163 e. The SMILES string of the molecule is CCOc1cc(CNCCCn2ccnc2)c(Cl)cc1OC(C)C. The highest BCUT2D eigenvalue weighted by molar-refractivity contribution is 6.31. The van der Waals surface area contributed by atoms with E-state index >= 15 is 0 Å². The molecule has 1 N–H and O–H groups in total. The third kappa shape index (κ3) is 5.73. The number of halogens is 1. The van der Waals surface area contributed by atoms with Crippen LogP contribution in [0.15, 0.2) is 30.9 Å². The number of hydrogen-bond donors (Lipinski definition) is 1. The second-order valence-corrected chi connectivity index (χ2v) is 6.23. The molecule has 0 amide bonds. The van der Waals surface area contributed by atoms with Crippen molar-refractivity contribution in [2.45, 2.75) is 46.4 Å². The minimum absolute atomic E-state index is 0.0763. The molecule has 0 unspecified atom stereocenters. The highest BCUT2D eigenvalue weighted by Gasteiger charge is 2.12. The van der Waals surface area contributed by atoms with Gasteiger partial charge in [0.15, 0.2) is 11.5 Å². The summed E-state index contributed by atoms with van der Waals surface area (Å²) in [7, 11) is 0. The third-order valence-electron chi connectivity index (χ3n) is 3.42. The van der Waals surface area contributed by atoms with Gasteiger partial charge in [0.1, 0.15) is 0 Å². The van der Waals surface area contributed by atoms with Crippen LogP contribution in [0.5, 0.6) is 11.5 Å². The summed E-state index contributed by atoms with van der Waals surface area (Å²) in [6.45, 7) is 9.08. The normalized spacial score (nSPS) is 11.0. The number of aromatic nitrogens is 2. The van der Waals surface area contributed by atoms with E-state index in [1.54, 1.807) is 6.20 Å². The first-order chi connectivity index (χ1) is 11.6. The van der Waals surface area contributed by atoms with Gasteiger partial charge in [0, 0.05) is 36.6 Å². The molecule has 0 fully saturated rings. The molecule has 0 radical (unpaired) electrons. The Bertz CT molecular complexity index is 615. The van der Waals surface area contributed by atoms with Crippen LogP contribution in [0.25, 0.3) is 0 Å². The molecule has 1 heterocycles. The second kappa shape index (κ2) is 9.55. The molecule has 1 aromatic carbocycles. The number of nitrogens with zero attached hydrogens (tertiary/aromatic N) is 2. The van der Waals surface area contributed by atoms with E-state index in [1.165, 1.54) is 0 Å². The Balaban J connectivity index is 1.90. The topological polar surface area (TPSA) is 48.3 Å². The zero-order valence-corrected chi connectivity index (χ0v) is 15.3. The Hall–Kier alpha value is -1.72. The fraction of sp³-hybridized carbons (Fsp3) is 0.500. The Morgan fingerprint density at radius 1 is 1.29 bits per heavy atom. The molecule has 0 saturated heterocycles. The summed E-state index contributed by atoms with van der Waals surface area (Å²) in [5.41, 5.74) is 1.01. The zero-order chi connectivity index (χ0) is 17.4. The van der Waals surface area contributed by atoms with Crippen molar-refractivity contribution in [3.05, 3.63) is 41.4 Å². The highest BCUT2D eigenvalue weighted by atomic mass is 35.5. The maximum Gasteiger partial charge on any atom is 0.163 e. The van der Waals surface area contributed by atoms with Crippen LogP contribution >= 0.6 is 11.6 Å². The van der Waals surface area contributed by atoms with Crippen molar-refractivity contribution >= 4 is 11.6 Å². The minimum atomic E-state index is 0.0763. The lowest BCUT2D eigenvalue weighted by molar-refractivity contribution is 0.223. The number of imidazole rings is 1. The van der Waals surface area contributed by atoms with Gasteiger partial charge in [-0.1, -0.05) is 11.6 Å². The van der Waals surface area contributed by atoms with E-state index < -0.39 is 0 Å². The molecule has 132 valence electrons. The van der Waals surface area contributed by atoms with Crippen molar-refractivity contribution in [3.8, 4) is 11.5 Å². The molecule has 0 spiro atoms. The van der Waals surface area contributed by atoms with E-state index in [4.69, 9.17) is 21.1 Å². The Labute approximate surface area is 148 Å². The number of ether oxygens (including phenoxy) is 2. The van der Waals surface area contributed by atoms with Gasteiger partial charge < -0.3 is 19.4 Å². The van der Waals surface area contributed by atoms with Crippen LogP contribution in [0.4, 0.5) is 0 Å². The molecule has 0 aliphatic heterocycles. The summed E-state index contributed by atoms with van der Waals surface area (Å²) >= 11 is 6.39. The van der Waals surface area contributed by atoms with E-state index in [2.05, 4.69) is 14.9 Å². The second-order valence-electron chi connectivity index (χ2n) is 5.82. The molecule has 0 aliphatic rings. The van der Waals surface area contributed by atoms with Crippen LogP contribution in [0.1, 0.15) is 32.8 Å². The fourth-order valence-electron chi connectivity index (χ4n) is 2.36. The molecule has 5 nitrogen and oxygen atoms in total. The van der Waals surface area contributed by atoms with Gasteiger partial charge in [-0.3, -0.25) is 0 Å². The summed E-state index contributed by atoms with van der Waals surface area (Å²) < 4.78 is 13.5. The van der Waals surface area contributed by atoms with Crippen LogP contribution in [-0.4, -0.2) is 28.8 Å². The molecule has 2 aromatic rings. The predicted molar refractivity (Wildman–Crippen MR) is 96.9 cm³/mol. The van der Waals surface area contributed by atoms with Crippen molar-refractivity contribution in [3.63, 3.8) is 0 Å². The third-order valence-corrected chi connectivity index (χ3v) is 3.77. The van der Waals surface area contributed by atoms with Gasteiger partial charge in [-0.05, 0) is 45.4 Å². The largest absolute Gasteiger partial charge is 0.490 e. The van der Waals surface area contributed by atoms with Crippen molar-refractivity contribution in [1.29, 1.82) is 0 Å². The number of nitrogens with one attached hydrogen (secondary N) is 1. The van der Waals surface area contributed by atoms with E-state index in [9.17, 15) is 0 Å². The van der Waals surface area contributed by atoms with Crippen LogP contribution in [0, 0.1) is 0 Å². The molecule has 24 heavy (non-hydrogen) atoms. The maximum absolute atomic E-state index is 6.39. The Kier molecular flexibility index (Phi) is 7.40. The lowest BCUT2D eigenvalue weighted by Gasteiger charge is -2.17. The number of benzene rings is 1. The van der Waals surface area contributed by atoms with Gasteiger partial charge in [-0.15, -0.1) is 0 Å². The van der Waals surface area contributed by atoms with Gasteiger partial charge in [-0.25, -0.2) is 4.98 Å². The van der Waals surface area contributed by atoms with Crippen LogP contribution in [0.3, 0.4) is 0 Å². The van der Waals surface area contributed by atoms with E-state index in [-0.39, 0.29) is 6.10 Å². The van der Waals surface area contributed by atoms with Crippen molar-refractivity contribution in [2.75, 3.05) is 13.2 Å². The summed E-state index contributed by atoms with van der Waals surface area (Å²) in [5.74, 6) is 1.44. The quantitative estimate of drug-likeness (QED) is 0.659. The predicted octanol–water partition coefficient (Wildman–Crippen LogP) is 3.90. The van der Waals surface area contributed by atoms with E-state index in [0.717, 1.165) is 30.8 Å². The number of hydrogen-bond acceptors (Lipinski definition) is 4. The average molecular weight is 352 g/mol. The van der Waals surface area contributed by atoms with Gasteiger partial charge in [0.2, 0.25) is 0 Å². The number of aryl methyl sites for hydroxylation is 1. The Morgan fingerprint density at radius 2 is 2.12 bits per heavy atom. The summed E-state index contributed by atoms with van der Waals surface area (Å²) in [4.78, 5) is 4.04. The molecular weight excluding hydrogens is 326 g/mol. The molecule has 0 bridgehead atoms. The molecule has 6 heteroatoms. The summed E-state index contributed by atoms with van der Waals surface area (Å²) in [6.07, 6.45) is 6.70. The molecule has 0 atom stereocenters. The first kappa shape index (κ1) is 18.6. The lowest BCUT2D eigenvalue weighted by Crippen LogP contribution is -2.17. The summed E-state index contributed by atoms with van der Waals surface area (Å²) in [6, 6.07) is 3.81. The van der Waals surface area contributed by atoms with E-state index in [1.807, 2.05) is 45.4 Å². The first-order valence-corrected chi connectivity index (χ1v) is 8.76. The molecule has 0 aliphatic carbocycles. The minimum Gasteiger partial charge on any atom is -0.490 e. The maximum atomic E-state index is 6.39. The zero-order valence-electron chi connectivity index (χ0n) is 14.6.